The first-order chi connectivity index (χ1) is 11.7. The van der Waals surface area contributed by atoms with Gasteiger partial charge in [-0.05, 0) is 32.1 Å². The van der Waals surface area contributed by atoms with Crippen LogP contribution >= 0.6 is 0 Å². The number of hydrogen-bond acceptors (Lipinski definition) is 4. The van der Waals surface area contributed by atoms with E-state index in [2.05, 4.69) is 10.3 Å². The molecule has 1 saturated carbocycles. The van der Waals surface area contributed by atoms with Gasteiger partial charge in [-0.15, -0.1) is 0 Å². The summed E-state index contributed by atoms with van der Waals surface area (Å²) < 4.78 is 7.29. The summed E-state index contributed by atoms with van der Waals surface area (Å²) in [6, 6.07) is 0.375. The largest absolute Gasteiger partial charge is 0.378 e. The van der Waals surface area contributed by atoms with Crippen LogP contribution in [0.2, 0.25) is 0 Å². The molecule has 2 amide bonds. The van der Waals surface area contributed by atoms with Crippen LogP contribution in [0.4, 0.5) is 0 Å². The number of carbonyl (C=O) groups excluding carboxylic acids is 2. The minimum atomic E-state index is -0.0151. The van der Waals surface area contributed by atoms with Crippen molar-refractivity contribution >= 4 is 11.8 Å². The number of ether oxygens (including phenoxy) is 1. The van der Waals surface area contributed by atoms with E-state index in [0.717, 1.165) is 31.4 Å². The highest BCUT2D eigenvalue weighted by molar-refractivity contribution is 5.93. The van der Waals surface area contributed by atoms with Gasteiger partial charge in [0.05, 0.1) is 31.2 Å². The van der Waals surface area contributed by atoms with Gasteiger partial charge in [-0.2, -0.15) is 0 Å². The van der Waals surface area contributed by atoms with E-state index in [0.29, 0.717) is 44.6 Å². The van der Waals surface area contributed by atoms with Crippen molar-refractivity contribution in [3.63, 3.8) is 0 Å². The summed E-state index contributed by atoms with van der Waals surface area (Å²) in [5.41, 5.74) is 1.52. The Kier molecular flexibility index (Phi) is 4.26. The molecule has 0 bridgehead atoms. The Labute approximate surface area is 141 Å². The summed E-state index contributed by atoms with van der Waals surface area (Å²) in [4.78, 5) is 31.2. The van der Waals surface area contributed by atoms with E-state index in [-0.39, 0.29) is 17.7 Å². The second-order valence-corrected chi connectivity index (χ2v) is 6.97. The molecule has 1 N–H and O–H groups in total. The minimum absolute atomic E-state index is 0.00980. The molecule has 1 aromatic heterocycles. The van der Waals surface area contributed by atoms with Crippen LogP contribution in [-0.4, -0.2) is 58.6 Å². The smallest absolute Gasteiger partial charge is 0.274 e. The number of carbonyl (C=O) groups is 2. The predicted octanol–water partition coefficient (Wildman–Crippen LogP) is 0.587. The summed E-state index contributed by atoms with van der Waals surface area (Å²) >= 11 is 0. The molecule has 7 heteroatoms. The van der Waals surface area contributed by atoms with E-state index in [9.17, 15) is 9.59 Å². The van der Waals surface area contributed by atoms with Gasteiger partial charge in [-0.3, -0.25) is 9.59 Å². The third kappa shape index (κ3) is 2.92. The van der Waals surface area contributed by atoms with E-state index < -0.39 is 0 Å². The summed E-state index contributed by atoms with van der Waals surface area (Å²) in [7, 11) is 0. The van der Waals surface area contributed by atoms with Gasteiger partial charge in [-0.25, -0.2) is 4.98 Å². The molecular weight excluding hydrogens is 308 g/mol. The molecule has 1 unspecified atom stereocenters. The summed E-state index contributed by atoms with van der Waals surface area (Å²) in [6.07, 6.45) is 6.65. The number of nitrogens with zero attached hydrogens (tertiary/aromatic N) is 3. The number of imidazole rings is 1. The number of nitrogens with one attached hydrogen (secondary N) is 1. The highest BCUT2D eigenvalue weighted by Gasteiger charge is 2.32. The fourth-order valence-corrected chi connectivity index (χ4v) is 3.65. The van der Waals surface area contributed by atoms with Crippen LogP contribution in [0.25, 0.3) is 0 Å². The molecule has 4 rings (SSSR count). The minimum Gasteiger partial charge on any atom is -0.378 e. The Balaban J connectivity index is 1.43. The average molecular weight is 332 g/mol. The van der Waals surface area contributed by atoms with E-state index in [1.54, 1.807) is 6.33 Å². The molecule has 1 atom stereocenters. The van der Waals surface area contributed by atoms with Crippen molar-refractivity contribution in [2.24, 2.45) is 5.92 Å². The molecule has 0 spiro atoms. The Hall–Kier alpha value is -1.89. The van der Waals surface area contributed by atoms with Gasteiger partial charge in [0.1, 0.15) is 5.69 Å². The average Bonchev–Trinajstić information content (AvgIpc) is 3.01. The van der Waals surface area contributed by atoms with Gasteiger partial charge in [0.25, 0.3) is 5.91 Å². The second kappa shape index (κ2) is 6.55. The lowest BCUT2D eigenvalue weighted by molar-refractivity contribution is -0.127. The van der Waals surface area contributed by atoms with Crippen molar-refractivity contribution in [2.75, 3.05) is 26.3 Å². The predicted molar refractivity (Wildman–Crippen MR) is 86.5 cm³/mol. The van der Waals surface area contributed by atoms with Gasteiger partial charge in [-0.1, -0.05) is 0 Å². The van der Waals surface area contributed by atoms with Crippen LogP contribution in [0.1, 0.15) is 41.9 Å². The van der Waals surface area contributed by atoms with Crippen LogP contribution in [0.3, 0.4) is 0 Å². The SMILES string of the molecule is O=C(NC1CCC1)C1CCc2c(C(=O)N3CCOCC3)ncn2C1. The molecule has 3 aliphatic rings. The standard InChI is InChI=1S/C17H24N4O3/c22-16(19-13-2-1-3-13)12-4-5-14-15(18-11-21(14)10-12)17(23)20-6-8-24-9-7-20/h11-13H,1-10H2,(H,19,22). The number of rotatable bonds is 3. The van der Waals surface area contributed by atoms with Crippen molar-refractivity contribution < 1.29 is 14.3 Å². The highest BCUT2D eigenvalue weighted by atomic mass is 16.5. The molecule has 1 saturated heterocycles. The highest BCUT2D eigenvalue weighted by Crippen LogP contribution is 2.25. The van der Waals surface area contributed by atoms with Crippen molar-refractivity contribution in [1.29, 1.82) is 0 Å². The molecule has 24 heavy (non-hydrogen) atoms. The molecule has 3 heterocycles. The molecule has 0 aromatic carbocycles. The molecule has 1 aliphatic carbocycles. The Bertz CT molecular complexity index is 632. The zero-order chi connectivity index (χ0) is 16.5. The van der Waals surface area contributed by atoms with Crippen LogP contribution < -0.4 is 5.32 Å². The van der Waals surface area contributed by atoms with Gasteiger partial charge in [0.15, 0.2) is 0 Å². The lowest BCUT2D eigenvalue weighted by Crippen LogP contribution is -2.44. The summed E-state index contributed by atoms with van der Waals surface area (Å²) in [5, 5.41) is 3.14. The first-order valence-corrected chi connectivity index (χ1v) is 8.94. The molecule has 1 aromatic rings. The van der Waals surface area contributed by atoms with E-state index >= 15 is 0 Å². The van der Waals surface area contributed by atoms with E-state index in [4.69, 9.17) is 4.74 Å². The number of aromatic nitrogens is 2. The summed E-state index contributed by atoms with van der Waals surface area (Å²) in [5.74, 6) is 0.128. The quantitative estimate of drug-likeness (QED) is 0.879. The third-order valence-electron chi connectivity index (χ3n) is 5.42. The van der Waals surface area contributed by atoms with Crippen LogP contribution in [-0.2, 0) is 22.5 Å². The van der Waals surface area contributed by atoms with Crippen molar-refractivity contribution in [2.45, 2.75) is 44.7 Å². The number of morpholine rings is 1. The lowest BCUT2D eigenvalue weighted by atomic mass is 9.91. The number of hydrogen-bond donors (Lipinski definition) is 1. The van der Waals surface area contributed by atoms with Gasteiger partial charge >= 0.3 is 0 Å². The van der Waals surface area contributed by atoms with E-state index in [1.807, 2.05) is 9.47 Å². The van der Waals surface area contributed by atoms with Crippen molar-refractivity contribution in [1.82, 2.24) is 19.8 Å². The van der Waals surface area contributed by atoms with Crippen molar-refractivity contribution in [3.05, 3.63) is 17.7 Å². The maximum Gasteiger partial charge on any atom is 0.274 e. The van der Waals surface area contributed by atoms with Crippen LogP contribution in [0, 0.1) is 5.92 Å². The number of amides is 2. The molecule has 130 valence electrons. The zero-order valence-electron chi connectivity index (χ0n) is 13.9. The molecule has 7 nitrogen and oxygen atoms in total. The topological polar surface area (TPSA) is 76.5 Å². The molecule has 0 radical (unpaired) electrons. The maximum absolute atomic E-state index is 12.7. The van der Waals surface area contributed by atoms with Gasteiger partial charge in [0.2, 0.25) is 5.91 Å². The van der Waals surface area contributed by atoms with Crippen LogP contribution in [0.15, 0.2) is 6.33 Å². The van der Waals surface area contributed by atoms with Gasteiger partial charge < -0.3 is 19.5 Å². The number of fused-ring (bicyclic) bond motifs is 1. The first-order valence-electron chi connectivity index (χ1n) is 8.94. The van der Waals surface area contributed by atoms with E-state index in [1.165, 1.54) is 6.42 Å². The molecule has 2 fully saturated rings. The molecular formula is C17H24N4O3. The lowest BCUT2D eigenvalue weighted by Gasteiger charge is -2.31. The normalized spacial score (nSPS) is 24.2. The second-order valence-electron chi connectivity index (χ2n) is 6.97. The Morgan fingerprint density at radius 1 is 1.21 bits per heavy atom. The Morgan fingerprint density at radius 2 is 2.00 bits per heavy atom. The fraction of sp³-hybridized carbons (Fsp3) is 0.706. The monoisotopic (exact) mass is 332 g/mol. The zero-order valence-corrected chi connectivity index (χ0v) is 13.9. The van der Waals surface area contributed by atoms with Crippen molar-refractivity contribution in [3.8, 4) is 0 Å². The first kappa shape index (κ1) is 15.6. The fourth-order valence-electron chi connectivity index (χ4n) is 3.65. The summed E-state index contributed by atoms with van der Waals surface area (Å²) in [6.45, 7) is 3.04. The van der Waals surface area contributed by atoms with Crippen LogP contribution in [0.5, 0.6) is 0 Å². The molecule has 2 aliphatic heterocycles. The Morgan fingerprint density at radius 3 is 2.71 bits per heavy atom. The third-order valence-corrected chi connectivity index (χ3v) is 5.42. The van der Waals surface area contributed by atoms with Gasteiger partial charge in [0, 0.05) is 25.7 Å². The maximum atomic E-state index is 12.7.